The van der Waals surface area contributed by atoms with Crippen LogP contribution in [-0.4, -0.2) is 102 Å². The molecule has 0 radical (unpaired) electrons. The molecule has 4 aliphatic rings. The van der Waals surface area contributed by atoms with E-state index in [-0.39, 0.29) is 37.3 Å². The zero-order chi connectivity index (χ0) is 48.9. The Kier molecular flexibility index (Phi) is 13.6. The van der Waals surface area contributed by atoms with Crippen LogP contribution in [0.5, 0.6) is 17.4 Å². The number of rotatable bonds is 11. The van der Waals surface area contributed by atoms with Crippen molar-refractivity contribution in [3.05, 3.63) is 60.7 Å². The summed E-state index contributed by atoms with van der Waals surface area (Å²) in [5.74, 6) is -2.41. The molecule has 0 spiro atoms. The molecule has 2 saturated carbocycles. The number of carbonyl (C=O) groups excluding carboxylic acids is 4. The van der Waals surface area contributed by atoms with Gasteiger partial charge in [0, 0.05) is 23.3 Å². The highest BCUT2D eigenvalue weighted by Gasteiger charge is 2.63. The van der Waals surface area contributed by atoms with Crippen LogP contribution in [0.4, 0.5) is 18.0 Å². The normalized spacial score (nSPS) is 26.6. The van der Waals surface area contributed by atoms with Crippen molar-refractivity contribution in [2.24, 2.45) is 17.8 Å². The van der Waals surface area contributed by atoms with Crippen LogP contribution in [0.1, 0.15) is 93.4 Å². The Morgan fingerprint density at radius 2 is 1.69 bits per heavy atom. The molecule has 3 N–H and O–H groups in total. The number of halogens is 3. The maximum atomic E-state index is 15.0. The van der Waals surface area contributed by atoms with E-state index < -0.39 is 85.9 Å². The molecule has 7 atom stereocenters. The summed E-state index contributed by atoms with van der Waals surface area (Å²) >= 11 is 0. The first-order valence-electron chi connectivity index (χ1n) is 22.7. The zero-order valence-electron chi connectivity index (χ0n) is 39.0. The van der Waals surface area contributed by atoms with Crippen molar-refractivity contribution < 1.29 is 59.7 Å². The molecule has 0 unspecified atom stereocenters. The van der Waals surface area contributed by atoms with Crippen molar-refractivity contribution in [3.63, 3.8) is 0 Å². The van der Waals surface area contributed by atoms with Crippen LogP contribution in [0.25, 0.3) is 22.0 Å². The van der Waals surface area contributed by atoms with Gasteiger partial charge in [-0.15, -0.1) is 0 Å². The van der Waals surface area contributed by atoms with E-state index in [1.807, 2.05) is 63.2 Å². The minimum atomic E-state index is -4.93. The third kappa shape index (κ3) is 10.6. The minimum absolute atomic E-state index is 0.0443. The van der Waals surface area contributed by atoms with Crippen LogP contribution < -0.4 is 29.6 Å². The van der Waals surface area contributed by atoms with Crippen molar-refractivity contribution in [1.29, 1.82) is 0 Å². The molecule has 2 aromatic carbocycles. The molecular weight excluding hydrogens is 896 g/mol. The van der Waals surface area contributed by atoms with Gasteiger partial charge in [-0.2, -0.15) is 13.2 Å². The molecule has 364 valence electrons. The lowest BCUT2D eigenvalue weighted by molar-refractivity contribution is -0.244. The number of carbonyl (C=O) groups is 4. The number of nitrogens with zero attached hydrogens (tertiary/aromatic N) is 2. The Morgan fingerprint density at radius 1 is 1.00 bits per heavy atom. The fourth-order valence-corrected chi connectivity index (χ4v) is 10.1. The standard InChI is InChI=1S/C48H60F3N5O10S/c1-27(2)64-33-15-13-30(14-16-33)37-23-31-22-34(63-8)17-18-36(31)41(52-37)65-35-24-38-40(57)54-47(43(59)55-67(61,62)46(7)19-20-46)25-32(47)12-10-9-11-28(3)21-29(4)39(42(58)56(38)26-35)53-44(60)66-45(5,6)48(49,50)51/h10,12-18,22-23,27-29,32,35,38-39H,9,11,19-21,24-26H2,1-8H3,(H,53,60)(H,54,57)(H,55,59)/t28-,29-,32-,35-,38+,39+,47-/m1/s1. The maximum Gasteiger partial charge on any atom is 0.427 e. The first-order chi connectivity index (χ1) is 31.3. The maximum absolute atomic E-state index is 15.0. The van der Waals surface area contributed by atoms with Gasteiger partial charge in [0.25, 0.3) is 5.91 Å². The SMILES string of the molecule is COc1ccc2c(O[C@@H]3C[C@H]4C(=O)N[C@]5(C(=O)NS(=O)(=O)C6(C)CC6)C[C@H]5C=CCC[C@@H](C)C[C@@H](C)[C@H](NC(=O)OC(C)(C)C(F)(F)F)C(=O)N4C3)nc(-c3ccc(OC(C)C)cc3)cc2c1. The van der Waals surface area contributed by atoms with E-state index in [1.165, 1.54) is 18.9 Å². The highest BCUT2D eigenvalue weighted by Crippen LogP contribution is 2.48. The molecule has 3 heterocycles. The highest BCUT2D eigenvalue weighted by molar-refractivity contribution is 7.91. The number of aromatic nitrogens is 1. The highest BCUT2D eigenvalue weighted by atomic mass is 32.2. The molecular formula is C48H60F3N5O10S. The summed E-state index contributed by atoms with van der Waals surface area (Å²) in [7, 11) is -2.57. The van der Waals surface area contributed by atoms with Gasteiger partial charge in [0.05, 0.1) is 30.2 Å². The van der Waals surface area contributed by atoms with Crippen LogP contribution >= 0.6 is 0 Å². The number of fused-ring (bicyclic) bond motifs is 3. The minimum Gasteiger partial charge on any atom is -0.497 e. The quantitative estimate of drug-likeness (QED) is 0.163. The van der Waals surface area contributed by atoms with E-state index in [1.54, 1.807) is 25.1 Å². The smallest absolute Gasteiger partial charge is 0.427 e. The van der Waals surface area contributed by atoms with Gasteiger partial charge in [-0.05, 0) is 139 Å². The molecule has 19 heteroatoms. The summed E-state index contributed by atoms with van der Waals surface area (Å²) in [5.41, 5.74) is -3.33. The number of alkyl halides is 3. The van der Waals surface area contributed by atoms with Crippen molar-refractivity contribution in [3.8, 4) is 28.6 Å². The van der Waals surface area contributed by atoms with Gasteiger partial charge in [0.1, 0.15) is 35.2 Å². The Hall–Kier alpha value is -5.59. The molecule has 67 heavy (non-hydrogen) atoms. The lowest BCUT2D eigenvalue weighted by Gasteiger charge is -2.34. The first kappa shape index (κ1) is 49.3. The van der Waals surface area contributed by atoms with Gasteiger partial charge in [-0.25, -0.2) is 18.2 Å². The second kappa shape index (κ2) is 18.5. The lowest BCUT2D eigenvalue weighted by Crippen LogP contribution is -2.59. The number of nitrogens with one attached hydrogen (secondary N) is 3. The number of pyridine rings is 1. The average Bonchev–Trinajstić information content (AvgIpc) is 4.13. The van der Waals surface area contributed by atoms with Crippen molar-refractivity contribution >= 4 is 44.6 Å². The lowest BCUT2D eigenvalue weighted by atomic mass is 9.88. The molecule has 15 nitrogen and oxygen atoms in total. The number of allylic oxidation sites excluding steroid dienone is 1. The van der Waals surface area contributed by atoms with Gasteiger partial charge >= 0.3 is 12.3 Å². The zero-order valence-corrected chi connectivity index (χ0v) is 39.8. The van der Waals surface area contributed by atoms with E-state index in [2.05, 4.69) is 15.4 Å². The molecule has 4 amide bonds. The molecule has 2 aliphatic carbocycles. The summed E-state index contributed by atoms with van der Waals surface area (Å²) < 4.78 is 92.3. The Labute approximate surface area is 388 Å². The van der Waals surface area contributed by atoms with Crippen LogP contribution in [0.2, 0.25) is 0 Å². The number of hydrogen-bond donors (Lipinski definition) is 3. The summed E-state index contributed by atoms with van der Waals surface area (Å²) in [5, 5.41) is 6.52. The van der Waals surface area contributed by atoms with Crippen LogP contribution in [-0.2, 0) is 29.1 Å². The number of alkyl carbamates (subject to hydrolysis) is 1. The predicted molar refractivity (Wildman–Crippen MR) is 243 cm³/mol. The fraction of sp³-hybridized carbons (Fsp3) is 0.562. The van der Waals surface area contributed by atoms with E-state index in [9.17, 15) is 36.0 Å². The summed E-state index contributed by atoms with van der Waals surface area (Å²) in [4.78, 5) is 63.3. The molecule has 3 fully saturated rings. The molecule has 7 rings (SSSR count). The molecule has 3 aromatic rings. The number of sulfonamides is 1. The Morgan fingerprint density at radius 3 is 2.33 bits per heavy atom. The molecule has 2 aliphatic heterocycles. The summed E-state index contributed by atoms with van der Waals surface area (Å²) in [6, 6.07) is 11.7. The number of methoxy groups -OCH3 is 1. The third-order valence-corrected chi connectivity index (χ3v) is 15.5. The van der Waals surface area contributed by atoms with Crippen LogP contribution in [0, 0.1) is 17.8 Å². The Balaban J connectivity index is 1.26. The second-order valence-corrected chi connectivity index (χ2v) is 21.8. The van der Waals surface area contributed by atoms with Crippen molar-refractivity contribution in [2.45, 2.75) is 140 Å². The summed E-state index contributed by atoms with van der Waals surface area (Å²) in [6.07, 6.45) is -1.60. The Bertz CT molecular complexity index is 2530. The van der Waals surface area contributed by atoms with Gasteiger partial charge in [0.2, 0.25) is 33.3 Å². The summed E-state index contributed by atoms with van der Waals surface area (Å²) in [6.45, 7) is 10.1. The molecule has 0 bridgehead atoms. The van der Waals surface area contributed by atoms with Gasteiger partial charge < -0.3 is 34.5 Å². The van der Waals surface area contributed by atoms with Gasteiger partial charge in [-0.3, -0.25) is 19.1 Å². The second-order valence-electron chi connectivity index (χ2n) is 19.6. The van der Waals surface area contributed by atoms with E-state index in [0.29, 0.717) is 73.9 Å². The number of benzene rings is 2. The van der Waals surface area contributed by atoms with E-state index >= 15 is 4.79 Å². The number of ether oxygens (including phenoxy) is 4. The molecule has 1 aromatic heterocycles. The fourth-order valence-electron chi connectivity index (χ4n) is 8.75. The number of hydrogen-bond acceptors (Lipinski definition) is 11. The third-order valence-electron chi connectivity index (χ3n) is 13.4. The van der Waals surface area contributed by atoms with Crippen LogP contribution in [0.3, 0.4) is 0 Å². The monoisotopic (exact) mass is 955 g/mol. The van der Waals surface area contributed by atoms with Crippen molar-refractivity contribution in [1.82, 2.24) is 25.2 Å². The van der Waals surface area contributed by atoms with E-state index in [0.717, 1.165) is 5.56 Å². The topological polar surface area (TPSA) is 192 Å². The van der Waals surface area contributed by atoms with Gasteiger partial charge in [-0.1, -0.05) is 26.0 Å². The van der Waals surface area contributed by atoms with Gasteiger partial charge in [0.15, 0.2) is 0 Å². The van der Waals surface area contributed by atoms with Crippen LogP contribution in [0.15, 0.2) is 60.7 Å². The first-order valence-corrected chi connectivity index (χ1v) is 24.2. The van der Waals surface area contributed by atoms with E-state index in [4.69, 9.17) is 23.9 Å². The van der Waals surface area contributed by atoms with Crippen molar-refractivity contribution in [2.75, 3.05) is 13.7 Å². The largest absolute Gasteiger partial charge is 0.497 e. The molecule has 1 saturated heterocycles. The predicted octanol–water partition coefficient (Wildman–Crippen LogP) is 7.37. The average molecular weight is 956 g/mol. The number of amides is 4.